The molecule has 0 saturated carbocycles. The van der Waals surface area contributed by atoms with E-state index in [2.05, 4.69) is 11.8 Å². The molecule has 0 N–H and O–H groups in total. The fourth-order valence-electron chi connectivity index (χ4n) is 1.95. The van der Waals surface area contributed by atoms with Crippen LogP contribution < -0.4 is 0 Å². The van der Waals surface area contributed by atoms with E-state index in [0.717, 1.165) is 12.8 Å². The molecule has 0 aromatic rings. The number of nitrogens with zero attached hydrogens (tertiary/aromatic N) is 1. The van der Waals surface area contributed by atoms with Crippen molar-refractivity contribution in [1.82, 2.24) is 4.90 Å². The molecule has 4 nitrogen and oxygen atoms in total. The van der Waals surface area contributed by atoms with E-state index in [1.54, 1.807) is 6.92 Å². The van der Waals surface area contributed by atoms with Gasteiger partial charge in [-0.05, 0) is 52.9 Å². The summed E-state index contributed by atoms with van der Waals surface area (Å²) >= 11 is 0. The summed E-state index contributed by atoms with van der Waals surface area (Å²) in [5.41, 5.74) is -0.543. The number of hydrogen-bond acceptors (Lipinski definition) is 3. The largest absolute Gasteiger partial charge is 0.444 e. The van der Waals surface area contributed by atoms with Crippen LogP contribution in [0, 0.1) is 11.8 Å². The van der Waals surface area contributed by atoms with Crippen molar-refractivity contribution in [3.63, 3.8) is 0 Å². The monoisotopic (exact) mass is 251 g/mol. The summed E-state index contributed by atoms with van der Waals surface area (Å²) in [4.78, 5) is 25.4. The molecule has 1 saturated heterocycles. The highest BCUT2D eigenvalue weighted by molar-refractivity contribution is 6.01. The molecule has 18 heavy (non-hydrogen) atoms. The maximum atomic E-state index is 12.0. The highest BCUT2D eigenvalue weighted by Crippen LogP contribution is 2.20. The minimum atomic E-state index is -0.543. The number of hydrogen-bond donors (Lipinski definition) is 0. The van der Waals surface area contributed by atoms with Gasteiger partial charge in [-0.15, -0.1) is 0 Å². The number of rotatable bonds is 1. The summed E-state index contributed by atoms with van der Waals surface area (Å²) in [5.74, 6) is 4.93. The standard InChI is InChI=1S/C14H21NO3/c1-5-8-12(16)11-9-6-7-10-15(11)13(17)18-14(2,3)4/h11H,6-7,9-10H2,1-4H3. The van der Waals surface area contributed by atoms with E-state index in [9.17, 15) is 9.59 Å². The van der Waals surface area contributed by atoms with E-state index < -0.39 is 17.7 Å². The maximum absolute atomic E-state index is 12.0. The lowest BCUT2D eigenvalue weighted by atomic mass is 9.99. The van der Waals surface area contributed by atoms with Gasteiger partial charge in [0.15, 0.2) is 0 Å². The molecule has 1 fully saturated rings. The maximum Gasteiger partial charge on any atom is 0.410 e. The van der Waals surface area contributed by atoms with E-state index in [-0.39, 0.29) is 5.78 Å². The summed E-state index contributed by atoms with van der Waals surface area (Å²) in [5, 5.41) is 0. The third-order valence-electron chi connectivity index (χ3n) is 2.68. The number of likely N-dealkylation sites (tertiary alicyclic amines) is 1. The number of ketones is 1. The van der Waals surface area contributed by atoms with Crippen LogP contribution in [0.5, 0.6) is 0 Å². The van der Waals surface area contributed by atoms with Gasteiger partial charge >= 0.3 is 6.09 Å². The van der Waals surface area contributed by atoms with Gasteiger partial charge in [0, 0.05) is 6.54 Å². The average molecular weight is 251 g/mol. The fraction of sp³-hybridized carbons (Fsp3) is 0.714. The second-order valence-electron chi connectivity index (χ2n) is 5.42. The molecule has 1 heterocycles. The van der Waals surface area contributed by atoms with Crippen molar-refractivity contribution in [3.8, 4) is 11.8 Å². The van der Waals surface area contributed by atoms with Gasteiger partial charge in [0.2, 0.25) is 5.78 Å². The molecule has 0 bridgehead atoms. The van der Waals surface area contributed by atoms with Crippen LogP contribution in [0.4, 0.5) is 4.79 Å². The predicted molar refractivity (Wildman–Crippen MR) is 69.0 cm³/mol. The summed E-state index contributed by atoms with van der Waals surface area (Å²) in [6.45, 7) is 7.64. The number of amides is 1. The Morgan fingerprint density at radius 3 is 2.50 bits per heavy atom. The average Bonchev–Trinajstić information content (AvgIpc) is 2.27. The van der Waals surface area contributed by atoms with Crippen LogP contribution in [0.1, 0.15) is 47.0 Å². The Morgan fingerprint density at radius 1 is 1.28 bits per heavy atom. The van der Waals surface area contributed by atoms with Gasteiger partial charge in [-0.3, -0.25) is 9.69 Å². The Bertz CT molecular complexity index is 384. The molecule has 1 aliphatic rings. The Hall–Kier alpha value is -1.50. The van der Waals surface area contributed by atoms with Crippen LogP contribution in [-0.2, 0) is 9.53 Å². The Morgan fingerprint density at radius 2 is 1.94 bits per heavy atom. The zero-order valence-corrected chi connectivity index (χ0v) is 11.6. The summed E-state index contributed by atoms with van der Waals surface area (Å²) in [6, 6.07) is -0.443. The molecule has 0 aromatic carbocycles. The summed E-state index contributed by atoms with van der Waals surface area (Å²) in [6.07, 6.45) is 2.11. The minimum Gasteiger partial charge on any atom is -0.444 e. The first-order valence-electron chi connectivity index (χ1n) is 6.31. The van der Waals surface area contributed by atoms with Gasteiger partial charge in [-0.2, -0.15) is 0 Å². The van der Waals surface area contributed by atoms with Gasteiger partial charge in [0.05, 0.1) is 0 Å². The molecular formula is C14H21NO3. The summed E-state index contributed by atoms with van der Waals surface area (Å²) < 4.78 is 5.32. The first-order chi connectivity index (χ1) is 8.35. The molecule has 0 spiro atoms. The molecule has 100 valence electrons. The number of piperidine rings is 1. The molecule has 1 unspecified atom stereocenters. The van der Waals surface area contributed by atoms with Crippen molar-refractivity contribution in [2.24, 2.45) is 0 Å². The fourth-order valence-corrected chi connectivity index (χ4v) is 1.95. The van der Waals surface area contributed by atoms with Crippen molar-refractivity contribution in [2.45, 2.75) is 58.6 Å². The van der Waals surface area contributed by atoms with Crippen LogP contribution in [0.3, 0.4) is 0 Å². The molecular weight excluding hydrogens is 230 g/mol. The zero-order valence-electron chi connectivity index (χ0n) is 11.6. The van der Waals surface area contributed by atoms with Crippen LogP contribution in [-0.4, -0.2) is 35.0 Å². The SMILES string of the molecule is CC#CC(=O)C1CCCCN1C(=O)OC(C)(C)C. The molecule has 0 aromatic heterocycles. The molecule has 4 heteroatoms. The van der Waals surface area contributed by atoms with Gasteiger partial charge in [0.25, 0.3) is 0 Å². The van der Waals surface area contributed by atoms with E-state index >= 15 is 0 Å². The second kappa shape index (κ2) is 5.90. The third kappa shape index (κ3) is 4.06. The van der Waals surface area contributed by atoms with E-state index in [0.29, 0.717) is 13.0 Å². The lowest BCUT2D eigenvalue weighted by Gasteiger charge is -2.34. The van der Waals surface area contributed by atoms with Crippen LogP contribution in [0.25, 0.3) is 0 Å². The van der Waals surface area contributed by atoms with Crippen molar-refractivity contribution in [3.05, 3.63) is 0 Å². The third-order valence-corrected chi connectivity index (χ3v) is 2.68. The van der Waals surface area contributed by atoms with E-state index in [1.165, 1.54) is 4.90 Å². The Balaban J connectivity index is 2.78. The quantitative estimate of drug-likeness (QED) is 0.531. The molecule has 0 aliphatic carbocycles. The summed E-state index contributed by atoms with van der Waals surface area (Å²) in [7, 11) is 0. The minimum absolute atomic E-state index is 0.192. The topological polar surface area (TPSA) is 46.6 Å². The molecule has 0 radical (unpaired) electrons. The second-order valence-corrected chi connectivity index (χ2v) is 5.42. The van der Waals surface area contributed by atoms with Crippen LogP contribution in [0.2, 0.25) is 0 Å². The van der Waals surface area contributed by atoms with Gasteiger partial charge < -0.3 is 4.74 Å². The van der Waals surface area contributed by atoms with Crippen LogP contribution in [0.15, 0.2) is 0 Å². The molecule has 1 aliphatic heterocycles. The predicted octanol–water partition coefficient (Wildman–Crippen LogP) is 2.37. The Kier molecular flexibility index (Phi) is 4.77. The Labute approximate surface area is 109 Å². The highest BCUT2D eigenvalue weighted by Gasteiger charge is 2.33. The van der Waals surface area contributed by atoms with Gasteiger partial charge in [-0.25, -0.2) is 4.79 Å². The van der Waals surface area contributed by atoms with Gasteiger partial charge in [0.1, 0.15) is 11.6 Å². The van der Waals surface area contributed by atoms with Crippen molar-refractivity contribution in [2.75, 3.05) is 6.54 Å². The van der Waals surface area contributed by atoms with E-state index in [4.69, 9.17) is 4.74 Å². The van der Waals surface area contributed by atoms with Crippen molar-refractivity contribution >= 4 is 11.9 Å². The zero-order chi connectivity index (χ0) is 13.8. The van der Waals surface area contributed by atoms with Crippen LogP contribution >= 0.6 is 0 Å². The van der Waals surface area contributed by atoms with E-state index in [1.807, 2.05) is 20.8 Å². The molecule has 1 amide bonds. The van der Waals surface area contributed by atoms with Crippen molar-refractivity contribution in [1.29, 1.82) is 0 Å². The molecule has 1 atom stereocenters. The van der Waals surface area contributed by atoms with Crippen molar-refractivity contribution < 1.29 is 14.3 Å². The molecule has 1 rings (SSSR count). The number of carbonyl (C=O) groups excluding carboxylic acids is 2. The normalized spacial score (nSPS) is 19.8. The number of Topliss-reactive ketones (excluding diaryl/α,β-unsaturated/α-hetero) is 1. The first-order valence-corrected chi connectivity index (χ1v) is 6.31. The smallest absolute Gasteiger partial charge is 0.410 e. The highest BCUT2D eigenvalue weighted by atomic mass is 16.6. The van der Waals surface area contributed by atoms with Gasteiger partial charge in [-0.1, -0.05) is 5.92 Å². The first kappa shape index (κ1) is 14.6. The number of carbonyl (C=O) groups is 2. The lowest BCUT2D eigenvalue weighted by molar-refractivity contribution is -0.119. The number of ether oxygens (including phenoxy) is 1. The lowest BCUT2D eigenvalue weighted by Crippen LogP contribution is -2.49.